The van der Waals surface area contributed by atoms with Crippen LogP contribution in [-0.4, -0.2) is 47.9 Å². The van der Waals surface area contributed by atoms with Crippen LogP contribution in [0.1, 0.15) is 18.5 Å². The maximum atomic E-state index is 12.1. The van der Waals surface area contributed by atoms with Gasteiger partial charge in [-0.3, -0.25) is 4.79 Å². The number of aliphatic hydroxyl groups is 1. The second kappa shape index (κ2) is 4.51. The Hall–Kier alpha value is -1.59. The Morgan fingerprint density at radius 2 is 2.11 bits per heavy atom. The molecule has 2 aliphatic heterocycles. The van der Waals surface area contributed by atoms with E-state index in [-0.39, 0.29) is 18.1 Å². The van der Waals surface area contributed by atoms with Crippen molar-refractivity contribution in [1.29, 1.82) is 0 Å². The van der Waals surface area contributed by atoms with Gasteiger partial charge in [-0.25, -0.2) is 0 Å². The lowest BCUT2D eigenvalue weighted by molar-refractivity contribution is -0.137. The van der Waals surface area contributed by atoms with Crippen molar-refractivity contribution in [3.05, 3.63) is 29.8 Å². The minimum absolute atomic E-state index is 0.0291. The number of piperidine rings is 1. The van der Waals surface area contributed by atoms with E-state index in [9.17, 15) is 9.90 Å². The Balaban J connectivity index is 1.78. The number of benzene rings is 1. The summed E-state index contributed by atoms with van der Waals surface area (Å²) in [4.78, 5) is 13.8. The van der Waals surface area contributed by atoms with Crippen molar-refractivity contribution >= 4 is 5.91 Å². The number of aliphatic hydroxyl groups excluding tert-OH is 1. The van der Waals surface area contributed by atoms with Gasteiger partial charge in [0.25, 0.3) is 5.91 Å². The van der Waals surface area contributed by atoms with Gasteiger partial charge in [0.05, 0.1) is 13.2 Å². The summed E-state index contributed by atoms with van der Waals surface area (Å²) in [6.07, 6.45) is -1.31. The molecule has 5 heteroatoms. The minimum atomic E-state index is -0.580. The Morgan fingerprint density at radius 1 is 1.42 bits per heavy atom. The number of epoxide rings is 1. The fourth-order valence-electron chi connectivity index (χ4n) is 2.59. The zero-order chi connectivity index (χ0) is 13.6. The molecule has 0 bridgehead atoms. The Morgan fingerprint density at radius 3 is 2.74 bits per heavy atom. The van der Waals surface area contributed by atoms with Gasteiger partial charge in [0.2, 0.25) is 0 Å². The van der Waals surface area contributed by atoms with Gasteiger partial charge in [-0.05, 0) is 24.6 Å². The van der Waals surface area contributed by atoms with Crippen molar-refractivity contribution in [3.63, 3.8) is 0 Å². The number of ether oxygens (including phenoxy) is 2. The van der Waals surface area contributed by atoms with Gasteiger partial charge in [-0.15, -0.1) is 0 Å². The lowest BCUT2D eigenvalue weighted by atomic mass is 10.0. The summed E-state index contributed by atoms with van der Waals surface area (Å²) in [6.45, 7) is 2.28. The van der Waals surface area contributed by atoms with Gasteiger partial charge in [-0.2, -0.15) is 0 Å². The van der Waals surface area contributed by atoms with Crippen LogP contribution in [0.3, 0.4) is 0 Å². The molecule has 2 aliphatic rings. The largest absolute Gasteiger partial charge is 0.497 e. The summed E-state index contributed by atoms with van der Waals surface area (Å²) in [5, 5.41) is 9.85. The summed E-state index contributed by atoms with van der Waals surface area (Å²) in [5.74, 6) is 0.755. The van der Waals surface area contributed by atoms with Crippen LogP contribution in [0.15, 0.2) is 24.3 Å². The molecule has 1 N–H and O–H groups in total. The first-order chi connectivity index (χ1) is 9.11. The second-order valence-electron chi connectivity index (χ2n) is 5.03. The number of carbonyl (C=O) groups is 1. The Kier molecular flexibility index (Phi) is 2.95. The van der Waals surface area contributed by atoms with Gasteiger partial charge in [0, 0.05) is 6.54 Å². The predicted molar refractivity (Wildman–Crippen MR) is 67.8 cm³/mol. The number of fused-ring (bicyclic) bond motifs is 1. The molecule has 0 aromatic heterocycles. The molecule has 0 radical (unpaired) electrons. The molecule has 0 aliphatic carbocycles. The van der Waals surface area contributed by atoms with Crippen molar-refractivity contribution in [2.45, 2.75) is 31.3 Å². The zero-order valence-electron chi connectivity index (χ0n) is 10.9. The molecule has 2 fully saturated rings. The highest BCUT2D eigenvalue weighted by Crippen LogP contribution is 2.36. The standard InChI is InChI=1S/C14H17NO4/c1-8(9-3-5-10(18-2)6-4-9)15-7-11(16)12-13(19-12)14(15)17/h3-6,8,11-13,16H,7H2,1-2H3/t8-,11-,12+,13+/m0/s1. The van der Waals surface area contributed by atoms with Gasteiger partial charge in [0.15, 0.2) is 6.10 Å². The van der Waals surface area contributed by atoms with E-state index in [1.165, 1.54) is 0 Å². The summed E-state index contributed by atoms with van der Waals surface area (Å²) < 4.78 is 10.3. The lowest BCUT2D eigenvalue weighted by Gasteiger charge is -2.33. The molecule has 2 saturated heterocycles. The summed E-state index contributed by atoms with van der Waals surface area (Å²) in [7, 11) is 1.62. The van der Waals surface area contributed by atoms with Gasteiger partial charge < -0.3 is 19.5 Å². The van der Waals surface area contributed by atoms with Gasteiger partial charge in [0.1, 0.15) is 18.0 Å². The van der Waals surface area contributed by atoms with E-state index in [4.69, 9.17) is 9.47 Å². The van der Waals surface area contributed by atoms with Crippen LogP contribution in [0.4, 0.5) is 0 Å². The van der Waals surface area contributed by atoms with E-state index >= 15 is 0 Å². The summed E-state index contributed by atoms with van der Waals surface area (Å²) >= 11 is 0. The highest BCUT2D eigenvalue weighted by atomic mass is 16.6. The molecule has 4 atom stereocenters. The molecule has 0 unspecified atom stereocenters. The van der Waals surface area contributed by atoms with Crippen LogP contribution < -0.4 is 4.74 Å². The van der Waals surface area contributed by atoms with E-state index in [0.29, 0.717) is 6.54 Å². The van der Waals surface area contributed by atoms with Crippen LogP contribution in [0.5, 0.6) is 5.75 Å². The predicted octanol–water partition coefficient (Wildman–Crippen LogP) is 0.727. The monoisotopic (exact) mass is 263 g/mol. The molecule has 19 heavy (non-hydrogen) atoms. The van der Waals surface area contributed by atoms with Crippen LogP contribution in [0.2, 0.25) is 0 Å². The van der Waals surface area contributed by atoms with Crippen molar-refractivity contribution in [3.8, 4) is 5.75 Å². The minimum Gasteiger partial charge on any atom is -0.497 e. The molecule has 102 valence electrons. The molecule has 3 rings (SSSR count). The number of likely N-dealkylation sites (tertiary alicyclic amines) is 1. The van der Waals surface area contributed by atoms with Gasteiger partial charge in [-0.1, -0.05) is 12.1 Å². The van der Waals surface area contributed by atoms with Crippen molar-refractivity contribution in [2.24, 2.45) is 0 Å². The normalized spacial score (nSPS) is 30.8. The number of rotatable bonds is 3. The zero-order valence-corrected chi connectivity index (χ0v) is 10.9. The van der Waals surface area contributed by atoms with Crippen molar-refractivity contribution in [1.82, 2.24) is 4.90 Å². The van der Waals surface area contributed by atoms with Crippen LogP contribution in [0, 0.1) is 0 Å². The average molecular weight is 263 g/mol. The molecular formula is C14H17NO4. The molecule has 5 nitrogen and oxygen atoms in total. The van der Waals surface area contributed by atoms with E-state index in [1.807, 2.05) is 31.2 Å². The Labute approximate surface area is 111 Å². The molecular weight excluding hydrogens is 246 g/mol. The van der Waals surface area contributed by atoms with Crippen LogP contribution in [-0.2, 0) is 9.53 Å². The molecule has 0 spiro atoms. The van der Waals surface area contributed by atoms with Crippen LogP contribution in [0.25, 0.3) is 0 Å². The Bertz CT molecular complexity index is 487. The molecule has 1 amide bonds. The molecule has 2 heterocycles. The first-order valence-corrected chi connectivity index (χ1v) is 6.40. The molecule has 0 saturated carbocycles. The first-order valence-electron chi connectivity index (χ1n) is 6.40. The maximum absolute atomic E-state index is 12.1. The van der Waals surface area contributed by atoms with Crippen molar-refractivity contribution < 1.29 is 19.4 Å². The average Bonchev–Trinajstić information content (AvgIpc) is 3.23. The third kappa shape index (κ3) is 2.09. The quantitative estimate of drug-likeness (QED) is 0.817. The maximum Gasteiger partial charge on any atom is 0.255 e. The van der Waals surface area contributed by atoms with Crippen LogP contribution >= 0.6 is 0 Å². The van der Waals surface area contributed by atoms with E-state index in [0.717, 1.165) is 11.3 Å². The number of methoxy groups -OCH3 is 1. The smallest absolute Gasteiger partial charge is 0.255 e. The molecule has 1 aromatic carbocycles. The number of hydrogen-bond donors (Lipinski definition) is 1. The third-order valence-corrected chi connectivity index (χ3v) is 3.88. The number of amides is 1. The van der Waals surface area contributed by atoms with E-state index in [1.54, 1.807) is 12.0 Å². The van der Waals surface area contributed by atoms with Crippen molar-refractivity contribution in [2.75, 3.05) is 13.7 Å². The third-order valence-electron chi connectivity index (χ3n) is 3.88. The molecule has 1 aromatic rings. The number of nitrogens with zero attached hydrogens (tertiary/aromatic N) is 1. The number of β-amino-alcohol motifs (C(OH)–C–C–N with tert-alkyl or cyclic N) is 1. The SMILES string of the molecule is COc1ccc([C@H](C)N2C[C@H](O)[C@H]3O[C@H]3C2=O)cc1. The number of carbonyl (C=O) groups excluding carboxylic acids is 1. The fraction of sp³-hybridized carbons (Fsp3) is 0.500. The van der Waals surface area contributed by atoms with E-state index < -0.39 is 12.2 Å². The highest BCUT2D eigenvalue weighted by Gasteiger charge is 2.56. The second-order valence-corrected chi connectivity index (χ2v) is 5.03. The number of hydrogen-bond acceptors (Lipinski definition) is 4. The van der Waals surface area contributed by atoms with E-state index in [2.05, 4.69) is 0 Å². The lowest BCUT2D eigenvalue weighted by Crippen LogP contribution is -2.48. The first kappa shape index (κ1) is 12.4. The fourth-order valence-corrected chi connectivity index (χ4v) is 2.59. The summed E-state index contributed by atoms with van der Waals surface area (Å²) in [6, 6.07) is 7.52. The highest BCUT2D eigenvalue weighted by molar-refractivity contribution is 5.85. The summed E-state index contributed by atoms with van der Waals surface area (Å²) in [5.41, 5.74) is 1.01. The van der Waals surface area contributed by atoms with Gasteiger partial charge >= 0.3 is 0 Å². The topological polar surface area (TPSA) is 62.3 Å².